The largest absolute Gasteiger partial charge is 0.445 e. The first-order valence-corrected chi connectivity index (χ1v) is 16.2. The normalized spacial score (nSPS) is 15.4. The molecule has 0 saturated carbocycles. The van der Waals surface area contributed by atoms with Crippen LogP contribution in [0.15, 0.2) is 104 Å². The van der Waals surface area contributed by atoms with Crippen molar-refractivity contribution in [2.24, 2.45) is 11.8 Å². The van der Waals surface area contributed by atoms with E-state index in [4.69, 9.17) is 4.74 Å². The van der Waals surface area contributed by atoms with Gasteiger partial charge in [-0.25, -0.2) is 4.79 Å². The van der Waals surface area contributed by atoms with E-state index in [2.05, 4.69) is 69.2 Å². The number of piperidine rings is 1. The van der Waals surface area contributed by atoms with Crippen LogP contribution in [0.2, 0.25) is 0 Å². The molecule has 45 heavy (non-hydrogen) atoms. The Morgan fingerprint density at radius 1 is 1.13 bits per heavy atom. The summed E-state index contributed by atoms with van der Waals surface area (Å²) >= 11 is 0. The highest BCUT2D eigenvalue weighted by atomic mass is 16.6. The number of ether oxygens (including phenoxy) is 1. The van der Waals surface area contributed by atoms with Crippen LogP contribution in [0.4, 0.5) is 10.5 Å². The number of amides is 1. The van der Waals surface area contributed by atoms with Crippen molar-refractivity contribution in [3.63, 3.8) is 0 Å². The summed E-state index contributed by atoms with van der Waals surface area (Å²) in [6.45, 7) is 20.0. The van der Waals surface area contributed by atoms with E-state index < -0.39 is 4.92 Å². The molecule has 7 nitrogen and oxygen atoms in total. The Hall–Kier alpha value is -3.97. The molecule has 2 unspecified atom stereocenters. The number of carbonyl (C=O) groups excluding carboxylic acids is 1. The molecule has 1 amide bonds. The van der Waals surface area contributed by atoms with Gasteiger partial charge in [-0.05, 0) is 81.2 Å². The lowest BCUT2D eigenvalue weighted by molar-refractivity contribution is -0.384. The second-order valence-corrected chi connectivity index (χ2v) is 11.8. The van der Waals surface area contributed by atoms with Gasteiger partial charge in [0.15, 0.2) is 0 Å². The molecule has 0 spiro atoms. The minimum atomic E-state index is -0.446. The van der Waals surface area contributed by atoms with Gasteiger partial charge in [-0.3, -0.25) is 10.1 Å². The molecule has 0 aliphatic carbocycles. The molecule has 1 aliphatic heterocycles. The summed E-state index contributed by atoms with van der Waals surface area (Å²) in [5, 5.41) is 10.8. The molecule has 7 heteroatoms. The topological polar surface area (TPSA) is 75.9 Å². The molecular weight excluding hydrogens is 562 g/mol. The lowest BCUT2D eigenvalue weighted by atomic mass is 9.85. The van der Waals surface area contributed by atoms with E-state index in [0.29, 0.717) is 23.9 Å². The monoisotopic (exact) mass is 615 g/mol. The summed E-state index contributed by atoms with van der Waals surface area (Å²) in [5.74, 6) is 1.16. The third-order valence-electron chi connectivity index (χ3n) is 8.37. The molecule has 2 atom stereocenters. The Labute approximate surface area is 271 Å². The first-order valence-electron chi connectivity index (χ1n) is 16.2. The predicted octanol–water partition coefficient (Wildman–Crippen LogP) is 9.31. The Morgan fingerprint density at radius 3 is 2.31 bits per heavy atom. The van der Waals surface area contributed by atoms with Gasteiger partial charge in [0.1, 0.15) is 6.61 Å². The SMILES string of the molecule is C=CCN(C(=O)OCc1ccc([N+](=O)[O-])cc1)C1CCN(CCC(CC(C)CC)/C(C=C)=C/C=C\C)CC1.Cc1ccccc1. The van der Waals surface area contributed by atoms with Crippen LogP contribution in [0, 0.1) is 28.9 Å². The standard InChI is InChI=1S/C31H45N3O4.C7H8/c1-6-10-11-27(9-4)28(23-25(5)8-3)16-20-32-21-17-29(18-22-32)33(19-7-2)31(35)38-24-26-12-14-30(15-13-26)34(36)37;1-7-5-3-2-4-6-7/h6-7,9-15,25,28-29H,2,4,8,16-24H2,1,3,5H3;2-6H,1H3/b10-6-,27-11+;. The maximum atomic E-state index is 12.9. The van der Waals surface area contributed by atoms with Gasteiger partial charge in [0, 0.05) is 37.8 Å². The van der Waals surface area contributed by atoms with Crippen LogP contribution in [-0.4, -0.2) is 53.0 Å². The second kappa shape index (κ2) is 20.9. The van der Waals surface area contributed by atoms with E-state index in [1.165, 1.54) is 29.7 Å². The zero-order valence-electron chi connectivity index (χ0n) is 27.8. The summed E-state index contributed by atoms with van der Waals surface area (Å²) < 4.78 is 5.56. The number of hydrogen-bond donors (Lipinski definition) is 0. The van der Waals surface area contributed by atoms with E-state index in [1.54, 1.807) is 23.1 Å². The van der Waals surface area contributed by atoms with Gasteiger partial charge in [-0.1, -0.05) is 93.1 Å². The van der Waals surface area contributed by atoms with Gasteiger partial charge in [-0.15, -0.1) is 6.58 Å². The first kappa shape index (κ1) is 37.2. The molecule has 244 valence electrons. The van der Waals surface area contributed by atoms with Crippen molar-refractivity contribution in [2.45, 2.75) is 72.4 Å². The number of nitrogens with zero attached hydrogens (tertiary/aromatic N) is 3. The number of non-ortho nitro benzene ring substituents is 1. The smallest absolute Gasteiger partial charge is 0.410 e. The maximum Gasteiger partial charge on any atom is 0.410 e. The van der Waals surface area contributed by atoms with Gasteiger partial charge in [0.25, 0.3) is 5.69 Å². The Bertz CT molecular complexity index is 1230. The summed E-state index contributed by atoms with van der Waals surface area (Å²) in [7, 11) is 0. The molecule has 1 saturated heterocycles. The lowest BCUT2D eigenvalue weighted by Crippen LogP contribution is -2.48. The quantitative estimate of drug-likeness (QED) is 0.0864. The number of hydrogen-bond acceptors (Lipinski definition) is 5. The number of benzene rings is 2. The molecular formula is C38H53N3O4. The van der Waals surface area contributed by atoms with E-state index >= 15 is 0 Å². The molecule has 2 aromatic rings. The van der Waals surface area contributed by atoms with Crippen molar-refractivity contribution in [3.8, 4) is 0 Å². The minimum absolute atomic E-state index is 0.0147. The summed E-state index contributed by atoms with van der Waals surface area (Å²) in [5.41, 5.74) is 3.36. The zero-order valence-corrected chi connectivity index (χ0v) is 27.8. The highest BCUT2D eigenvalue weighted by Gasteiger charge is 2.29. The van der Waals surface area contributed by atoms with Gasteiger partial charge in [0.05, 0.1) is 4.92 Å². The highest BCUT2D eigenvalue weighted by molar-refractivity contribution is 5.68. The van der Waals surface area contributed by atoms with E-state index in [9.17, 15) is 14.9 Å². The zero-order chi connectivity index (χ0) is 33.0. The van der Waals surface area contributed by atoms with Crippen molar-refractivity contribution >= 4 is 11.8 Å². The van der Waals surface area contributed by atoms with Crippen molar-refractivity contribution in [1.29, 1.82) is 0 Å². The van der Waals surface area contributed by atoms with Crippen LogP contribution in [0.5, 0.6) is 0 Å². The van der Waals surface area contributed by atoms with E-state index in [-0.39, 0.29) is 24.4 Å². The minimum Gasteiger partial charge on any atom is -0.445 e. The highest BCUT2D eigenvalue weighted by Crippen LogP contribution is 2.28. The fraction of sp³-hybridized carbons (Fsp3) is 0.447. The molecule has 1 aliphatic rings. The van der Waals surface area contributed by atoms with Crippen molar-refractivity contribution in [2.75, 3.05) is 26.2 Å². The number of carbonyl (C=O) groups is 1. The Balaban J connectivity index is 0.000000883. The molecule has 0 aromatic heterocycles. The van der Waals surface area contributed by atoms with Crippen LogP contribution in [0.1, 0.15) is 64.0 Å². The van der Waals surface area contributed by atoms with Crippen LogP contribution < -0.4 is 0 Å². The van der Waals surface area contributed by atoms with Crippen LogP contribution >= 0.6 is 0 Å². The average molecular weight is 616 g/mol. The number of nitro groups is 1. The van der Waals surface area contributed by atoms with Crippen LogP contribution in [0.3, 0.4) is 0 Å². The molecule has 3 rings (SSSR count). The molecule has 0 bridgehead atoms. The van der Waals surface area contributed by atoms with Gasteiger partial charge in [0.2, 0.25) is 0 Å². The summed E-state index contributed by atoms with van der Waals surface area (Å²) in [6, 6.07) is 16.4. The number of aryl methyl sites for hydroxylation is 1. The molecule has 1 heterocycles. The third-order valence-corrected chi connectivity index (χ3v) is 8.37. The number of nitro benzene ring substituents is 1. The molecule has 2 aromatic carbocycles. The summed E-state index contributed by atoms with van der Waals surface area (Å²) in [6.07, 6.45) is 14.9. The lowest BCUT2D eigenvalue weighted by Gasteiger charge is -2.38. The van der Waals surface area contributed by atoms with Gasteiger partial charge >= 0.3 is 6.09 Å². The second-order valence-electron chi connectivity index (χ2n) is 11.8. The van der Waals surface area contributed by atoms with Gasteiger partial charge < -0.3 is 14.5 Å². The molecule has 0 radical (unpaired) electrons. The number of rotatable bonds is 15. The fourth-order valence-electron chi connectivity index (χ4n) is 5.43. The fourth-order valence-corrected chi connectivity index (χ4v) is 5.43. The Kier molecular flexibility index (Phi) is 17.3. The first-order chi connectivity index (χ1) is 21.7. The third kappa shape index (κ3) is 13.7. The predicted molar refractivity (Wildman–Crippen MR) is 186 cm³/mol. The number of allylic oxidation sites excluding steroid dienone is 5. The maximum absolute atomic E-state index is 12.9. The van der Waals surface area contributed by atoms with E-state index in [0.717, 1.165) is 45.3 Å². The van der Waals surface area contributed by atoms with Crippen molar-refractivity contribution in [1.82, 2.24) is 9.80 Å². The summed E-state index contributed by atoms with van der Waals surface area (Å²) in [4.78, 5) is 27.6. The van der Waals surface area contributed by atoms with Gasteiger partial charge in [-0.2, -0.15) is 0 Å². The average Bonchev–Trinajstić information content (AvgIpc) is 3.06. The number of likely N-dealkylation sites (tertiary alicyclic amines) is 1. The van der Waals surface area contributed by atoms with Crippen molar-refractivity contribution < 1.29 is 14.5 Å². The van der Waals surface area contributed by atoms with Crippen LogP contribution in [-0.2, 0) is 11.3 Å². The Morgan fingerprint density at radius 2 is 1.80 bits per heavy atom. The van der Waals surface area contributed by atoms with Crippen LogP contribution in [0.25, 0.3) is 0 Å². The van der Waals surface area contributed by atoms with E-state index in [1.807, 2.05) is 31.2 Å². The molecule has 1 fully saturated rings. The van der Waals surface area contributed by atoms with Crippen molar-refractivity contribution in [3.05, 3.63) is 125 Å². The molecule has 0 N–H and O–H groups in total.